The van der Waals surface area contributed by atoms with Crippen molar-refractivity contribution in [1.29, 1.82) is 0 Å². The third-order valence-electron chi connectivity index (χ3n) is 6.18. The highest BCUT2D eigenvalue weighted by Gasteiger charge is 2.35. The lowest BCUT2D eigenvalue weighted by Gasteiger charge is -2.37. The first-order valence-electron chi connectivity index (χ1n) is 11.2. The standard InChI is InChI=1S/C27H35BNO2/c1-6-7-8-10-15-24-20-21-16-17-22(28-31-27(4,5)26(2,3)30)18-19-25(21)29(24)23-13-11-9-12-14-23/h6-7,9-11,13,15,17-20,30H,8,12,14,16H2,1-5H3/b7-6-,15-10-. The Labute approximate surface area is 188 Å². The highest BCUT2D eigenvalue weighted by atomic mass is 16.5. The van der Waals surface area contributed by atoms with Gasteiger partial charge in [-0.2, -0.15) is 0 Å². The van der Waals surface area contributed by atoms with Gasteiger partial charge in [0.2, 0.25) is 0 Å². The van der Waals surface area contributed by atoms with E-state index in [0.29, 0.717) is 0 Å². The number of aliphatic hydroxyl groups is 1. The van der Waals surface area contributed by atoms with Gasteiger partial charge in [0.25, 0.3) is 0 Å². The number of allylic oxidation sites excluding steroid dienone is 10. The van der Waals surface area contributed by atoms with Gasteiger partial charge in [0.15, 0.2) is 0 Å². The normalized spacial score (nSPS) is 17.1. The summed E-state index contributed by atoms with van der Waals surface area (Å²) < 4.78 is 8.36. The smallest absolute Gasteiger partial charge is 0.330 e. The molecule has 1 heterocycles. The summed E-state index contributed by atoms with van der Waals surface area (Å²) in [5.74, 6) is 0. The van der Waals surface area contributed by atoms with Gasteiger partial charge in [0.1, 0.15) is 0 Å². The second kappa shape index (κ2) is 9.89. The predicted octanol–water partition coefficient (Wildman–Crippen LogP) is 6.30. The van der Waals surface area contributed by atoms with E-state index in [1.165, 1.54) is 22.6 Å². The number of hydrogen-bond donors (Lipinski definition) is 1. The first-order valence-corrected chi connectivity index (χ1v) is 11.2. The number of nitrogens with zero attached hydrogens (tertiary/aromatic N) is 1. The highest BCUT2D eigenvalue weighted by molar-refractivity contribution is 6.39. The first-order chi connectivity index (χ1) is 14.7. The Morgan fingerprint density at radius 1 is 1.19 bits per heavy atom. The fourth-order valence-corrected chi connectivity index (χ4v) is 3.49. The fraction of sp³-hybridized carbons (Fsp3) is 0.407. The van der Waals surface area contributed by atoms with E-state index in [1.807, 2.05) is 13.8 Å². The van der Waals surface area contributed by atoms with E-state index >= 15 is 0 Å². The van der Waals surface area contributed by atoms with E-state index < -0.39 is 11.2 Å². The molecule has 0 aromatic carbocycles. The number of hydrogen-bond acceptors (Lipinski definition) is 2. The molecule has 2 aliphatic carbocycles. The summed E-state index contributed by atoms with van der Waals surface area (Å²) in [4.78, 5) is 0. The summed E-state index contributed by atoms with van der Waals surface area (Å²) in [6.45, 7) is 9.41. The van der Waals surface area contributed by atoms with Crippen LogP contribution in [0, 0.1) is 0 Å². The topological polar surface area (TPSA) is 34.4 Å². The zero-order chi connectivity index (χ0) is 22.5. The maximum Gasteiger partial charge on any atom is 0.330 e. The number of aromatic nitrogens is 1. The van der Waals surface area contributed by atoms with Crippen molar-refractivity contribution in [3.8, 4) is 0 Å². The Bertz CT molecular complexity index is 962. The molecule has 163 valence electrons. The number of rotatable bonds is 8. The molecule has 0 saturated heterocycles. The largest absolute Gasteiger partial charge is 0.427 e. The molecule has 0 unspecified atom stereocenters. The van der Waals surface area contributed by atoms with Crippen LogP contribution in [0.25, 0.3) is 17.8 Å². The van der Waals surface area contributed by atoms with E-state index in [-0.39, 0.29) is 0 Å². The van der Waals surface area contributed by atoms with Crippen LogP contribution in [0.15, 0.2) is 60.1 Å². The van der Waals surface area contributed by atoms with Crippen LogP contribution in [0.4, 0.5) is 0 Å². The molecule has 0 atom stereocenters. The average molecular weight is 416 g/mol. The van der Waals surface area contributed by atoms with Crippen molar-refractivity contribution in [2.24, 2.45) is 0 Å². The molecule has 3 rings (SSSR count). The lowest BCUT2D eigenvalue weighted by molar-refractivity contribution is -0.0896. The minimum atomic E-state index is -0.937. The zero-order valence-electron chi connectivity index (χ0n) is 19.6. The van der Waals surface area contributed by atoms with Gasteiger partial charge in [-0.15, -0.1) is 0 Å². The third kappa shape index (κ3) is 5.69. The summed E-state index contributed by atoms with van der Waals surface area (Å²) in [5.41, 5.74) is 4.48. The molecule has 0 amide bonds. The monoisotopic (exact) mass is 416 g/mol. The van der Waals surface area contributed by atoms with Crippen molar-refractivity contribution in [3.05, 3.63) is 77.1 Å². The minimum Gasteiger partial charge on any atom is -0.427 e. The van der Waals surface area contributed by atoms with Crippen molar-refractivity contribution in [1.82, 2.24) is 4.57 Å². The van der Waals surface area contributed by atoms with Crippen LogP contribution in [0.2, 0.25) is 0 Å². The Balaban J connectivity index is 1.86. The van der Waals surface area contributed by atoms with E-state index in [2.05, 4.69) is 78.3 Å². The summed E-state index contributed by atoms with van der Waals surface area (Å²) >= 11 is 0. The molecule has 1 radical (unpaired) electrons. The average Bonchev–Trinajstić information content (AvgIpc) is 2.95. The molecule has 1 aromatic heterocycles. The molecule has 0 spiro atoms. The Morgan fingerprint density at radius 2 is 2.00 bits per heavy atom. The van der Waals surface area contributed by atoms with E-state index in [1.54, 1.807) is 21.3 Å². The first kappa shape index (κ1) is 23.4. The molecule has 2 aliphatic rings. The SMILES string of the molecule is C/C=C\C/C=C\c1cc2c(n1C1=CC=CCC1)C=CC([B]OC(C)(C)C(C)(C)O)=CC2. The van der Waals surface area contributed by atoms with Gasteiger partial charge in [-0.3, -0.25) is 0 Å². The minimum absolute atomic E-state index is 0.680. The second-order valence-electron chi connectivity index (χ2n) is 9.19. The summed E-state index contributed by atoms with van der Waals surface area (Å²) in [7, 11) is 1.77. The Morgan fingerprint density at radius 3 is 2.68 bits per heavy atom. The summed E-state index contributed by atoms with van der Waals surface area (Å²) in [5, 5.41) is 10.3. The van der Waals surface area contributed by atoms with Crippen LogP contribution in [0.5, 0.6) is 0 Å². The van der Waals surface area contributed by atoms with Crippen LogP contribution < -0.4 is 0 Å². The second-order valence-corrected chi connectivity index (χ2v) is 9.19. The van der Waals surface area contributed by atoms with Gasteiger partial charge >= 0.3 is 7.48 Å². The van der Waals surface area contributed by atoms with Crippen molar-refractivity contribution in [2.45, 2.75) is 71.5 Å². The van der Waals surface area contributed by atoms with Crippen LogP contribution in [-0.2, 0) is 11.1 Å². The maximum absolute atomic E-state index is 10.3. The van der Waals surface area contributed by atoms with Gasteiger partial charge < -0.3 is 14.3 Å². The van der Waals surface area contributed by atoms with Gasteiger partial charge in [-0.25, -0.2) is 0 Å². The zero-order valence-corrected chi connectivity index (χ0v) is 19.6. The molecule has 3 nitrogen and oxygen atoms in total. The van der Waals surface area contributed by atoms with Gasteiger partial charge in [0, 0.05) is 17.1 Å². The molecular formula is C27H35BNO2. The molecule has 0 aliphatic heterocycles. The third-order valence-corrected chi connectivity index (χ3v) is 6.18. The summed E-state index contributed by atoms with van der Waals surface area (Å²) in [6.07, 6.45) is 25.7. The molecule has 1 aromatic rings. The highest BCUT2D eigenvalue weighted by Crippen LogP contribution is 2.31. The molecule has 31 heavy (non-hydrogen) atoms. The number of fused-ring (bicyclic) bond motifs is 1. The van der Waals surface area contributed by atoms with Gasteiger partial charge in [-0.05, 0) is 90.2 Å². The van der Waals surface area contributed by atoms with E-state index in [4.69, 9.17) is 4.65 Å². The van der Waals surface area contributed by atoms with Gasteiger partial charge in [0.05, 0.1) is 11.2 Å². The molecule has 0 bridgehead atoms. The van der Waals surface area contributed by atoms with Crippen LogP contribution >= 0.6 is 0 Å². The molecule has 1 N–H and O–H groups in total. The Kier molecular flexibility index (Phi) is 7.45. The van der Waals surface area contributed by atoms with Crippen LogP contribution in [0.1, 0.15) is 70.8 Å². The van der Waals surface area contributed by atoms with Crippen LogP contribution in [0.3, 0.4) is 0 Å². The maximum atomic E-state index is 10.3. The molecule has 4 heteroatoms. The lowest BCUT2D eigenvalue weighted by Crippen LogP contribution is -2.48. The Hall–Kier alpha value is -2.30. The summed E-state index contributed by atoms with van der Waals surface area (Å²) in [6, 6.07) is 2.30. The van der Waals surface area contributed by atoms with Crippen molar-refractivity contribution in [2.75, 3.05) is 0 Å². The predicted molar refractivity (Wildman–Crippen MR) is 134 cm³/mol. The van der Waals surface area contributed by atoms with Crippen molar-refractivity contribution in [3.63, 3.8) is 0 Å². The molecule has 0 fully saturated rings. The quantitative estimate of drug-likeness (QED) is 0.399. The van der Waals surface area contributed by atoms with E-state index in [0.717, 1.165) is 31.2 Å². The molecule has 0 saturated carbocycles. The lowest BCUT2D eigenvalue weighted by atomic mass is 9.81. The van der Waals surface area contributed by atoms with Gasteiger partial charge in [-0.1, -0.05) is 48.0 Å². The fourth-order valence-electron chi connectivity index (χ4n) is 3.49. The van der Waals surface area contributed by atoms with Crippen molar-refractivity contribution >= 4 is 25.3 Å². The van der Waals surface area contributed by atoms with Crippen molar-refractivity contribution < 1.29 is 9.76 Å². The van der Waals surface area contributed by atoms with Crippen LogP contribution in [-0.4, -0.2) is 28.4 Å². The van der Waals surface area contributed by atoms with E-state index in [9.17, 15) is 5.11 Å². The molecular weight excluding hydrogens is 381 g/mol.